The van der Waals surface area contributed by atoms with E-state index in [1.54, 1.807) is 18.2 Å². The van der Waals surface area contributed by atoms with Gasteiger partial charge in [0.2, 0.25) is 0 Å². The molecule has 1 N–H and O–H groups in total. The van der Waals surface area contributed by atoms with E-state index in [1.807, 2.05) is 51.1 Å². The second-order valence-corrected chi connectivity index (χ2v) is 7.78. The zero-order valence-electron chi connectivity index (χ0n) is 15.4. The second-order valence-electron chi connectivity index (χ2n) is 6.94. The van der Waals surface area contributed by atoms with Crippen molar-refractivity contribution >= 4 is 29.3 Å². The van der Waals surface area contributed by atoms with Crippen molar-refractivity contribution in [2.75, 3.05) is 20.6 Å². The number of aliphatic hydroxyl groups is 1. The molecule has 5 heteroatoms. The summed E-state index contributed by atoms with van der Waals surface area (Å²) < 4.78 is 13.6. The van der Waals surface area contributed by atoms with Crippen LogP contribution in [-0.4, -0.2) is 30.6 Å². The molecule has 2 rings (SSSR count). The maximum atomic E-state index is 13.6. The Labute approximate surface area is 164 Å². The predicted molar refractivity (Wildman–Crippen MR) is 108 cm³/mol. The molecule has 0 saturated carbocycles. The second kappa shape index (κ2) is 8.53. The fourth-order valence-electron chi connectivity index (χ4n) is 3.23. The molecule has 0 aliphatic carbocycles. The van der Waals surface area contributed by atoms with Crippen LogP contribution in [0.1, 0.15) is 25.0 Å². The van der Waals surface area contributed by atoms with Gasteiger partial charge in [-0.25, -0.2) is 4.39 Å². The standard InChI is InChI=1S/C21H24Cl2FNO/c1-14(11-16-5-8-18(22)9-6-16)21(26,15(2)13-25(3)4)17-7-10-20(24)19(23)12-17/h5-12,15,26H,13H2,1-4H3. The van der Waals surface area contributed by atoms with Crippen LogP contribution < -0.4 is 0 Å². The minimum Gasteiger partial charge on any atom is -0.380 e. The lowest BCUT2D eigenvalue weighted by Gasteiger charge is -2.37. The largest absolute Gasteiger partial charge is 0.380 e. The number of halogens is 3. The zero-order chi connectivity index (χ0) is 19.5. The Morgan fingerprint density at radius 3 is 2.35 bits per heavy atom. The molecule has 140 valence electrons. The van der Waals surface area contributed by atoms with Crippen LogP contribution >= 0.6 is 23.2 Å². The van der Waals surface area contributed by atoms with Gasteiger partial charge in [-0.1, -0.05) is 54.4 Å². The van der Waals surface area contributed by atoms with Crippen molar-refractivity contribution in [3.8, 4) is 0 Å². The first-order valence-corrected chi connectivity index (χ1v) is 9.17. The Bertz CT molecular complexity index is 789. The van der Waals surface area contributed by atoms with Gasteiger partial charge < -0.3 is 10.0 Å². The zero-order valence-corrected chi connectivity index (χ0v) is 16.9. The average molecular weight is 396 g/mol. The first-order valence-electron chi connectivity index (χ1n) is 8.41. The summed E-state index contributed by atoms with van der Waals surface area (Å²) in [6, 6.07) is 11.8. The first-order chi connectivity index (χ1) is 12.1. The van der Waals surface area contributed by atoms with E-state index in [-0.39, 0.29) is 10.9 Å². The summed E-state index contributed by atoms with van der Waals surface area (Å²) in [6.07, 6.45) is 1.92. The topological polar surface area (TPSA) is 23.5 Å². The van der Waals surface area contributed by atoms with Gasteiger partial charge in [0.1, 0.15) is 11.4 Å². The van der Waals surface area contributed by atoms with Gasteiger partial charge in [-0.05, 0) is 62.0 Å². The number of hydrogen-bond acceptors (Lipinski definition) is 2. The summed E-state index contributed by atoms with van der Waals surface area (Å²) in [5.74, 6) is -0.653. The van der Waals surface area contributed by atoms with E-state index in [9.17, 15) is 9.50 Å². The monoisotopic (exact) mass is 395 g/mol. The number of benzene rings is 2. The lowest BCUT2D eigenvalue weighted by Crippen LogP contribution is -2.40. The van der Waals surface area contributed by atoms with Crippen LogP contribution in [-0.2, 0) is 5.60 Å². The highest BCUT2D eigenvalue weighted by Gasteiger charge is 2.38. The minimum atomic E-state index is -1.29. The van der Waals surface area contributed by atoms with Crippen LogP contribution in [0.25, 0.3) is 6.08 Å². The lowest BCUT2D eigenvalue weighted by molar-refractivity contribution is 0.0105. The molecule has 0 aliphatic rings. The van der Waals surface area contributed by atoms with E-state index in [4.69, 9.17) is 23.2 Å². The van der Waals surface area contributed by atoms with Crippen molar-refractivity contribution in [3.63, 3.8) is 0 Å². The summed E-state index contributed by atoms with van der Waals surface area (Å²) in [4.78, 5) is 2.01. The Balaban J connectivity index is 2.54. The Hall–Kier alpha value is -1.39. The van der Waals surface area contributed by atoms with Crippen molar-refractivity contribution in [2.24, 2.45) is 5.92 Å². The lowest BCUT2D eigenvalue weighted by atomic mass is 9.76. The van der Waals surface area contributed by atoms with Gasteiger partial charge in [-0.15, -0.1) is 0 Å². The highest BCUT2D eigenvalue weighted by molar-refractivity contribution is 6.31. The third kappa shape index (κ3) is 4.66. The van der Waals surface area contributed by atoms with Crippen molar-refractivity contribution in [1.82, 2.24) is 4.90 Å². The SMILES string of the molecule is CC(=Cc1ccc(Cl)cc1)C(O)(c1ccc(F)c(Cl)c1)C(C)CN(C)C. The molecule has 0 heterocycles. The molecular weight excluding hydrogens is 372 g/mol. The highest BCUT2D eigenvalue weighted by atomic mass is 35.5. The highest BCUT2D eigenvalue weighted by Crippen LogP contribution is 2.39. The van der Waals surface area contributed by atoms with Gasteiger partial charge in [-0.3, -0.25) is 0 Å². The van der Waals surface area contributed by atoms with E-state index >= 15 is 0 Å². The molecule has 0 saturated heterocycles. The minimum absolute atomic E-state index is 0.00253. The van der Waals surface area contributed by atoms with Crippen LogP contribution in [0.2, 0.25) is 10.0 Å². The molecule has 0 aromatic heterocycles. The van der Waals surface area contributed by atoms with Crippen LogP contribution in [0.3, 0.4) is 0 Å². The van der Waals surface area contributed by atoms with E-state index < -0.39 is 11.4 Å². The van der Waals surface area contributed by atoms with E-state index in [2.05, 4.69) is 0 Å². The molecule has 26 heavy (non-hydrogen) atoms. The third-order valence-corrected chi connectivity index (χ3v) is 5.11. The molecule has 0 radical (unpaired) electrons. The molecule has 0 bridgehead atoms. The van der Waals surface area contributed by atoms with Gasteiger partial charge in [0.25, 0.3) is 0 Å². The Kier molecular flexibility index (Phi) is 6.86. The van der Waals surface area contributed by atoms with Crippen molar-refractivity contribution < 1.29 is 9.50 Å². The van der Waals surface area contributed by atoms with E-state index in [1.165, 1.54) is 12.1 Å². The summed E-state index contributed by atoms with van der Waals surface area (Å²) >= 11 is 11.9. The molecule has 0 amide bonds. The van der Waals surface area contributed by atoms with Gasteiger partial charge in [-0.2, -0.15) is 0 Å². The molecule has 0 aliphatic heterocycles. The van der Waals surface area contributed by atoms with Crippen LogP contribution in [0.5, 0.6) is 0 Å². The first kappa shape index (κ1) is 20.9. The summed E-state index contributed by atoms with van der Waals surface area (Å²) in [7, 11) is 3.90. The molecule has 2 atom stereocenters. The van der Waals surface area contributed by atoms with Crippen molar-refractivity contribution in [1.29, 1.82) is 0 Å². The number of hydrogen-bond donors (Lipinski definition) is 1. The quantitative estimate of drug-likeness (QED) is 0.685. The van der Waals surface area contributed by atoms with Gasteiger partial charge in [0.15, 0.2) is 0 Å². The average Bonchev–Trinajstić information content (AvgIpc) is 2.57. The Morgan fingerprint density at radius 1 is 1.19 bits per heavy atom. The van der Waals surface area contributed by atoms with Gasteiger partial charge in [0, 0.05) is 17.5 Å². The fraction of sp³-hybridized carbons (Fsp3) is 0.333. The molecular formula is C21H24Cl2FNO. The maximum Gasteiger partial charge on any atom is 0.141 e. The molecule has 2 aromatic rings. The van der Waals surface area contributed by atoms with E-state index in [0.29, 0.717) is 17.1 Å². The van der Waals surface area contributed by atoms with Gasteiger partial charge >= 0.3 is 0 Å². The summed E-state index contributed by atoms with van der Waals surface area (Å²) in [6.45, 7) is 4.49. The summed E-state index contributed by atoms with van der Waals surface area (Å²) in [5.41, 5.74) is 0.953. The van der Waals surface area contributed by atoms with Crippen LogP contribution in [0, 0.1) is 11.7 Å². The number of nitrogens with zero attached hydrogens (tertiary/aromatic N) is 1. The van der Waals surface area contributed by atoms with E-state index in [0.717, 1.165) is 11.1 Å². The third-order valence-electron chi connectivity index (χ3n) is 4.57. The normalized spacial score (nSPS) is 15.8. The van der Waals surface area contributed by atoms with Crippen LogP contribution in [0.4, 0.5) is 4.39 Å². The Morgan fingerprint density at radius 2 is 1.81 bits per heavy atom. The molecule has 2 unspecified atom stereocenters. The number of rotatable bonds is 6. The molecule has 0 spiro atoms. The smallest absolute Gasteiger partial charge is 0.141 e. The van der Waals surface area contributed by atoms with Crippen LogP contribution in [0.15, 0.2) is 48.0 Å². The maximum absolute atomic E-state index is 13.6. The predicted octanol–water partition coefficient (Wildman–Crippen LogP) is 5.62. The summed E-state index contributed by atoms with van der Waals surface area (Å²) in [5, 5.41) is 12.3. The van der Waals surface area contributed by atoms with Crippen molar-refractivity contribution in [3.05, 3.63) is 75.0 Å². The van der Waals surface area contributed by atoms with Crippen molar-refractivity contribution in [2.45, 2.75) is 19.4 Å². The fourth-order valence-corrected chi connectivity index (χ4v) is 3.54. The molecule has 2 nitrogen and oxygen atoms in total. The molecule has 2 aromatic carbocycles. The van der Waals surface area contributed by atoms with Gasteiger partial charge in [0.05, 0.1) is 5.02 Å². The molecule has 0 fully saturated rings.